The third kappa shape index (κ3) is 5.36. The predicted molar refractivity (Wildman–Crippen MR) is 92.7 cm³/mol. The summed E-state index contributed by atoms with van der Waals surface area (Å²) in [5.41, 5.74) is 0.936. The second-order valence-corrected chi connectivity index (χ2v) is 6.01. The van der Waals surface area contributed by atoms with E-state index in [9.17, 15) is 4.39 Å². The molecule has 1 aliphatic rings. The highest BCUT2D eigenvalue weighted by Gasteiger charge is 2.21. The van der Waals surface area contributed by atoms with Crippen molar-refractivity contribution in [2.75, 3.05) is 33.3 Å². The number of nitrogens with zero attached hydrogens (tertiary/aromatic N) is 2. The molecule has 6 heteroatoms. The van der Waals surface area contributed by atoms with Crippen LogP contribution in [0.3, 0.4) is 0 Å². The number of benzene rings is 1. The van der Waals surface area contributed by atoms with E-state index in [-0.39, 0.29) is 5.82 Å². The third-order valence-electron chi connectivity index (χ3n) is 4.05. The zero-order valence-corrected chi connectivity index (χ0v) is 14.6. The van der Waals surface area contributed by atoms with Crippen molar-refractivity contribution >= 4 is 17.6 Å². The molecule has 128 valence electrons. The lowest BCUT2D eigenvalue weighted by Gasteiger charge is -2.34. The van der Waals surface area contributed by atoms with Gasteiger partial charge in [0.2, 0.25) is 0 Å². The van der Waals surface area contributed by atoms with Crippen LogP contribution in [0, 0.1) is 5.82 Å². The molecule has 1 heterocycles. The molecule has 23 heavy (non-hydrogen) atoms. The standard InChI is InChI=1S/C17H25ClFN3O/c1-3-23-15-7-10-22(11-8-15)17(20-2)21-9-6-13-4-5-14(19)12-16(13)18/h4-5,12,15H,3,6-11H2,1-2H3,(H,20,21). The van der Waals surface area contributed by atoms with Gasteiger partial charge in [0.15, 0.2) is 5.96 Å². The maximum Gasteiger partial charge on any atom is 0.193 e. The monoisotopic (exact) mass is 341 g/mol. The zero-order chi connectivity index (χ0) is 16.7. The Labute approximate surface area is 142 Å². The molecule has 0 radical (unpaired) electrons. The highest BCUT2D eigenvalue weighted by molar-refractivity contribution is 6.31. The summed E-state index contributed by atoms with van der Waals surface area (Å²) in [5.74, 6) is 0.595. The maximum absolute atomic E-state index is 13.0. The minimum absolute atomic E-state index is 0.306. The van der Waals surface area contributed by atoms with Crippen LogP contribution in [0.1, 0.15) is 25.3 Å². The molecule has 0 spiro atoms. The molecule has 0 aromatic heterocycles. The Morgan fingerprint density at radius 1 is 1.43 bits per heavy atom. The lowest BCUT2D eigenvalue weighted by Crippen LogP contribution is -2.47. The topological polar surface area (TPSA) is 36.9 Å². The van der Waals surface area contributed by atoms with E-state index in [0.717, 1.165) is 50.5 Å². The number of nitrogens with one attached hydrogen (secondary N) is 1. The van der Waals surface area contributed by atoms with Crippen LogP contribution in [0.5, 0.6) is 0 Å². The number of rotatable bonds is 5. The van der Waals surface area contributed by atoms with Crippen molar-refractivity contribution in [3.63, 3.8) is 0 Å². The summed E-state index contributed by atoms with van der Waals surface area (Å²) in [6.45, 7) is 5.41. The molecule has 1 fully saturated rings. The molecule has 0 unspecified atom stereocenters. The second kappa shape index (κ2) is 9.08. The van der Waals surface area contributed by atoms with Gasteiger partial charge in [0, 0.05) is 38.3 Å². The van der Waals surface area contributed by atoms with Crippen molar-refractivity contribution in [2.24, 2.45) is 4.99 Å². The van der Waals surface area contributed by atoms with Crippen LogP contribution in [-0.4, -0.2) is 50.3 Å². The summed E-state index contributed by atoms with van der Waals surface area (Å²) in [4.78, 5) is 6.60. The molecule has 0 aliphatic carbocycles. The van der Waals surface area contributed by atoms with E-state index in [1.807, 2.05) is 6.92 Å². The number of ether oxygens (including phenoxy) is 1. The van der Waals surface area contributed by atoms with E-state index in [1.54, 1.807) is 13.1 Å². The first-order chi connectivity index (χ1) is 11.1. The summed E-state index contributed by atoms with van der Waals surface area (Å²) in [5, 5.41) is 3.83. The van der Waals surface area contributed by atoms with E-state index in [2.05, 4.69) is 15.2 Å². The molecule has 0 bridgehead atoms. The molecule has 4 nitrogen and oxygen atoms in total. The molecule has 1 aliphatic heterocycles. The van der Waals surface area contributed by atoms with Gasteiger partial charge in [0.05, 0.1) is 6.10 Å². The van der Waals surface area contributed by atoms with E-state index in [1.165, 1.54) is 12.1 Å². The Kier molecular flexibility index (Phi) is 7.12. The molecule has 1 N–H and O–H groups in total. The lowest BCUT2D eigenvalue weighted by atomic mass is 10.1. The van der Waals surface area contributed by atoms with Crippen molar-refractivity contribution in [3.8, 4) is 0 Å². The largest absolute Gasteiger partial charge is 0.378 e. The van der Waals surface area contributed by atoms with E-state index in [0.29, 0.717) is 17.7 Å². The lowest BCUT2D eigenvalue weighted by molar-refractivity contribution is 0.0264. The van der Waals surface area contributed by atoms with Gasteiger partial charge in [-0.1, -0.05) is 17.7 Å². The van der Waals surface area contributed by atoms with Crippen molar-refractivity contribution < 1.29 is 9.13 Å². The van der Waals surface area contributed by atoms with Gasteiger partial charge in [0.1, 0.15) is 5.82 Å². The second-order valence-electron chi connectivity index (χ2n) is 5.60. The summed E-state index contributed by atoms with van der Waals surface area (Å²) in [6, 6.07) is 4.52. The maximum atomic E-state index is 13.0. The van der Waals surface area contributed by atoms with Gasteiger partial charge >= 0.3 is 0 Å². The average molecular weight is 342 g/mol. The van der Waals surface area contributed by atoms with Crippen LogP contribution in [0.4, 0.5) is 4.39 Å². The molecule has 1 aromatic rings. The number of piperidine rings is 1. The average Bonchev–Trinajstić information content (AvgIpc) is 2.55. The van der Waals surface area contributed by atoms with Crippen LogP contribution >= 0.6 is 11.6 Å². The Morgan fingerprint density at radius 3 is 2.78 bits per heavy atom. The van der Waals surface area contributed by atoms with E-state index in [4.69, 9.17) is 16.3 Å². The Balaban J connectivity index is 1.79. The van der Waals surface area contributed by atoms with Gasteiger partial charge in [-0.05, 0) is 43.9 Å². The summed E-state index contributed by atoms with van der Waals surface area (Å²) in [6.07, 6.45) is 3.15. The fraction of sp³-hybridized carbons (Fsp3) is 0.588. The Hall–Kier alpha value is -1.33. The van der Waals surface area contributed by atoms with Crippen molar-refractivity contribution in [2.45, 2.75) is 32.3 Å². The smallest absolute Gasteiger partial charge is 0.193 e. The number of likely N-dealkylation sites (tertiary alicyclic amines) is 1. The number of guanidine groups is 1. The van der Waals surface area contributed by atoms with E-state index >= 15 is 0 Å². The first-order valence-electron chi connectivity index (χ1n) is 8.15. The van der Waals surface area contributed by atoms with Gasteiger partial charge in [-0.3, -0.25) is 4.99 Å². The normalized spacial score (nSPS) is 16.7. The van der Waals surface area contributed by atoms with Crippen LogP contribution < -0.4 is 5.32 Å². The fourth-order valence-corrected chi connectivity index (χ4v) is 3.10. The highest BCUT2D eigenvalue weighted by atomic mass is 35.5. The Bertz CT molecular complexity index is 531. The number of hydrogen-bond acceptors (Lipinski definition) is 2. The molecule has 0 atom stereocenters. The summed E-state index contributed by atoms with van der Waals surface area (Å²) < 4.78 is 18.7. The summed E-state index contributed by atoms with van der Waals surface area (Å²) in [7, 11) is 1.79. The molecule has 2 rings (SSSR count). The van der Waals surface area contributed by atoms with Crippen molar-refractivity contribution in [3.05, 3.63) is 34.6 Å². The predicted octanol–water partition coefficient (Wildman–Crippen LogP) is 3.10. The summed E-state index contributed by atoms with van der Waals surface area (Å²) >= 11 is 6.05. The van der Waals surface area contributed by atoms with Gasteiger partial charge in [0.25, 0.3) is 0 Å². The third-order valence-corrected chi connectivity index (χ3v) is 4.40. The van der Waals surface area contributed by atoms with Gasteiger partial charge in [-0.15, -0.1) is 0 Å². The molecular formula is C17H25ClFN3O. The SMILES string of the molecule is CCOC1CCN(C(=NC)NCCc2ccc(F)cc2Cl)CC1. The minimum atomic E-state index is -0.306. The number of halogens is 2. The van der Waals surface area contributed by atoms with Crippen LogP contribution in [-0.2, 0) is 11.2 Å². The van der Waals surface area contributed by atoms with Gasteiger partial charge in [-0.2, -0.15) is 0 Å². The molecular weight excluding hydrogens is 317 g/mol. The van der Waals surface area contributed by atoms with Gasteiger partial charge < -0.3 is 15.0 Å². The molecule has 0 amide bonds. The zero-order valence-electron chi connectivity index (χ0n) is 13.8. The Morgan fingerprint density at radius 2 is 2.17 bits per heavy atom. The molecule has 1 aromatic carbocycles. The van der Waals surface area contributed by atoms with Crippen LogP contribution in [0.25, 0.3) is 0 Å². The minimum Gasteiger partial charge on any atom is -0.378 e. The fourth-order valence-electron chi connectivity index (χ4n) is 2.84. The molecule has 0 saturated carbocycles. The van der Waals surface area contributed by atoms with Crippen molar-refractivity contribution in [1.29, 1.82) is 0 Å². The van der Waals surface area contributed by atoms with Crippen LogP contribution in [0.2, 0.25) is 5.02 Å². The van der Waals surface area contributed by atoms with Gasteiger partial charge in [-0.25, -0.2) is 4.39 Å². The quantitative estimate of drug-likeness (QED) is 0.660. The van der Waals surface area contributed by atoms with Crippen molar-refractivity contribution in [1.82, 2.24) is 10.2 Å². The highest BCUT2D eigenvalue weighted by Crippen LogP contribution is 2.17. The van der Waals surface area contributed by atoms with Crippen LogP contribution in [0.15, 0.2) is 23.2 Å². The molecule has 1 saturated heterocycles. The first kappa shape index (κ1) is 18.0. The first-order valence-corrected chi connectivity index (χ1v) is 8.53. The number of hydrogen-bond donors (Lipinski definition) is 1. The van der Waals surface area contributed by atoms with E-state index < -0.39 is 0 Å². The number of aliphatic imine (C=N–C) groups is 1.